The summed E-state index contributed by atoms with van der Waals surface area (Å²) in [5.41, 5.74) is 0.929. The Balaban J connectivity index is 2.78. The maximum absolute atomic E-state index is 10.4. The zero-order valence-electron chi connectivity index (χ0n) is 9.66. The highest BCUT2D eigenvalue weighted by atomic mass is 16.3. The third-order valence-electron chi connectivity index (χ3n) is 2.86. The first kappa shape index (κ1) is 12.0. The van der Waals surface area contributed by atoms with Gasteiger partial charge in [0.15, 0.2) is 0 Å². The van der Waals surface area contributed by atoms with Crippen LogP contribution >= 0.6 is 0 Å². The summed E-state index contributed by atoms with van der Waals surface area (Å²) in [4.78, 5) is 0. The summed E-state index contributed by atoms with van der Waals surface area (Å²) in [6.45, 7) is 7.95. The molecule has 0 amide bonds. The second kappa shape index (κ2) is 5.13. The first-order chi connectivity index (χ1) is 7.09. The smallest absolute Gasteiger partial charge is 0.108 e. The molecule has 0 aliphatic rings. The van der Waals surface area contributed by atoms with Crippen LogP contribution in [0.15, 0.2) is 42.5 Å². The van der Waals surface area contributed by atoms with Crippen molar-refractivity contribution in [3.8, 4) is 0 Å². The molecule has 82 valence electrons. The Bertz CT molecular complexity index is 311. The molecular weight excluding hydrogens is 184 g/mol. The summed E-state index contributed by atoms with van der Waals surface area (Å²) in [7, 11) is 0. The van der Waals surface area contributed by atoms with Crippen LogP contribution in [0.5, 0.6) is 0 Å². The molecule has 1 aromatic carbocycles. The van der Waals surface area contributed by atoms with E-state index in [2.05, 4.69) is 13.5 Å². The van der Waals surface area contributed by atoms with Crippen LogP contribution < -0.4 is 0 Å². The minimum atomic E-state index is -0.892. The second-order valence-electron chi connectivity index (χ2n) is 4.15. The fourth-order valence-corrected chi connectivity index (χ4v) is 1.60. The first-order valence-corrected chi connectivity index (χ1v) is 5.55. The third kappa shape index (κ3) is 2.93. The molecule has 0 aliphatic carbocycles. The molecule has 0 fully saturated rings. The van der Waals surface area contributed by atoms with Gasteiger partial charge in [-0.2, -0.15) is 0 Å². The number of aliphatic hydroxyl groups is 1. The monoisotopic (exact) mass is 204 g/mol. The molecule has 1 unspecified atom stereocenters. The first-order valence-electron chi connectivity index (χ1n) is 5.55. The Morgan fingerprint density at radius 1 is 1.33 bits per heavy atom. The van der Waals surface area contributed by atoms with Crippen molar-refractivity contribution in [1.82, 2.24) is 0 Å². The normalized spacial score (nSPS) is 14.6. The molecule has 0 saturated heterocycles. The van der Waals surface area contributed by atoms with E-state index in [9.17, 15) is 5.11 Å². The molecule has 0 radical (unpaired) electrons. The van der Waals surface area contributed by atoms with Gasteiger partial charge in [-0.1, -0.05) is 50.3 Å². The maximum Gasteiger partial charge on any atom is 0.108 e. The van der Waals surface area contributed by atoms with Gasteiger partial charge in [0.1, 0.15) is 5.60 Å². The summed E-state index contributed by atoms with van der Waals surface area (Å²) in [5.74, 6) is 0. The lowest BCUT2D eigenvalue weighted by Gasteiger charge is -2.26. The Morgan fingerprint density at radius 3 is 2.47 bits per heavy atom. The van der Waals surface area contributed by atoms with Crippen molar-refractivity contribution in [1.29, 1.82) is 0 Å². The van der Waals surface area contributed by atoms with Crippen LogP contribution in [0, 0.1) is 0 Å². The van der Waals surface area contributed by atoms with Crippen molar-refractivity contribution >= 4 is 0 Å². The molecule has 0 aliphatic heterocycles. The molecule has 1 heteroatoms. The number of unbranched alkanes of at least 4 members (excludes halogenated alkanes) is 1. The molecule has 1 aromatic rings. The van der Waals surface area contributed by atoms with E-state index in [1.54, 1.807) is 0 Å². The van der Waals surface area contributed by atoms with E-state index in [0.717, 1.165) is 30.4 Å². The Labute approximate surface area is 92.5 Å². The predicted molar refractivity (Wildman–Crippen MR) is 64.7 cm³/mol. The molecule has 0 bridgehead atoms. The van der Waals surface area contributed by atoms with Gasteiger partial charge in [-0.3, -0.25) is 0 Å². The van der Waals surface area contributed by atoms with E-state index in [1.807, 2.05) is 37.3 Å². The fourth-order valence-electron chi connectivity index (χ4n) is 1.60. The average Bonchev–Trinajstić information content (AvgIpc) is 2.27. The van der Waals surface area contributed by atoms with E-state index in [-0.39, 0.29) is 0 Å². The van der Waals surface area contributed by atoms with E-state index < -0.39 is 5.60 Å². The van der Waals surface area contributed by atoms with Crippen LogP contribution in [0.3, 0.4) is 0 Å². The highest BCUT2D eigenvalue weighted by Gasteiger charge is 2.25. The molecule has 0 spiro atoms. The SMILES string of the molecule is C=C(CCCC)C(C)(O)c1ccccc1. The van der Waals surface area contributed by atoms with Crippen molar-refractivity contribution in [3.63, 3.8) is 0 Å². The highest BCUT2D eigenvalue weighted by molar-refractivity contribution is 5.30. The van der Waals surface area contributed by atoms with Crippen LogP contribution in [-0.4, -0.2) is 5.11 Å². The summed E-state index contributed by atoms with van der Waals surface area (Å²) in [6.07, 6.45) is 3.10. The molecule has 0 heterocycles. The lowest BCUT2D eigenvalue weighted by atomic mass is 9.86. The van der Waals surface area contributed by atoms with Gasteiger partial charge in [0.25, 0.3) is 0 Å². The van der Waals surface area contributed by atoms with Gasteiger partial charge in [-0.25, -0.2) is 0 Å². The van der Waals surface area contributed by atoms with E-state index >= 15 is 0 Å². The van der Waals surface area contributed by atoms with Gasteiger partial charge in [0.05, 0.1) is 0 Å². The standard InChI is InChI=1S/C14H20O/c1-4-5-9-12(2)14(3,15)13-10-7-6-8-11-13/h6-8,10-11,15H,2,4-5,9H2,1,3H3. The van der Waals surface area contributed by atoms with Crippen LogP contribution in [0.1, 0.15) is 38.7 Å². The van der Waals surface area contributed by atoms with E-state index in [1.165, 1.54) is 0 Å². The zero-order valence-corrected chi connectivity index (χ0v) is 9.66. The highest BCUT2D eigenvalue weighted by Crippen LogP contribution is 2.30. The van der Waals surface area contributed by atoms with Gasteiger partial charge in [-0.15, -0.1) is 0 Å². The predicted octanol–water partition coefficient (Wildman–Crippen LogP) is 3.64. The second-order valence-corrected chi connectivity index (χ2v) is 4.15. The topological polar surface area (TPSA) is 20.2 Å². The van der Waals surface area contributed by atoms with Crippen LogP contribution in [0.2, 0.25) is 0 Å². The minimum absolute atomic E-state index is 0.887. The van der Waals surface area contributed by atoms with E-state index in [4.69, 9.17) is 0 Å². The largest absolute Gasteiger partial charge is 0.381 e. The maximum atomic E-state index is 10.4. The van der Waals surface area contributed by atoms with E-state index in [0.29, 0.717) is 0 Å². The molecule has 0 aromatic heterocycles. The number of hydrogen-bond donors (Lipinski definition) is 1. The van der Waals surface area contributed by atoms with Crippen molar-refractivity contribution in [2.24, 2.45) is 0 Å². The van der Waals surface area contributed by atoms with Crippen LogP contribution in [0.4, 0.5) is 0 Å². The number of benzene rings is 1. The quantitative estimate of drug-likeness (QED) is 0.726. The average molecular weight is 204 g/mol. The fraction of sp³-hybridized carbons (Fsp3) is 0.429. The number of rotatable bonds is 5. The summed E-state index contributed by atoms with van der Waals surface area (Å²) < 4.78 is 0. The van der Waals surface area contributed by atoms with Gasteiger partial charge in [0, 0.05) is 0 Å². The van der Waals surface area contributed by atoms with Gasteiger partial charge < -0.3 is 5.11 Å². The number of hydrogen-bond acceptors (Lipinski definition) is 1. The molecule has 1 nitrogen and oxygen atoms in total. The Hall–Kier alpha value is -1.08. The lowest BCUT2D eigenvalue weighted by Crippen LogP contribution is -2.23. The molecule has 1 rings (SSSR count). The minimum Gasteiger partial charge on any atom is -0.381 e. The lowest BCUT2D eigenvalue weighted by molar-refractivity contribution is 0.0937. The third-order valence-corrected chi connectivity index (χ3v) is 2.86. The summed E-state index contributed by atoms with van der Waals surface area (Å²) in [5, 5.41) is 10.4. The molecule has 0 saturated carbocycles. The molecular formula is C14H20O. The van der Waals surface area contributed by atoms with Crippen molar-refractivity contribution in [3.05, 3.63) is 48.0 Å². The van der Waals surface area contributed by atoms with Crippen LogP contribution in [0.25, 0.3) is 0 Å². The summed E-state index contributed by atoms with van der Waals surface area (Å²) >= 11 is 0. The Kier molecular flexibility index (Phi) is 4.10. The van der Waals surface area contributed by atoms with Crippen LogP contribution in [-0.2, 0) is 5.60 Å². The van der Waals surface area contributed by atoms with Crippen molar-refractivity contribution < 1.29 is 5.11 Å². The van der Waals surface area contributed by atoms with Crippen molar-refractivity contribution in [2.45, 2.75) is 38.7 Å². The Morgan fingerprint density at radius 2 is 1.93 bits per heavy atom. The zero-order chi connectivity index (χ0) is 11.3. The molecule has 15 heavy (non-hydrogen) atoms. The van der Waals surface area contributed by atoms with Gasteiger partial charge in [0.2, 0.25) is 0 Å². The van der Waals surface area contributed by atoms with Crippen molar-refractivity contribution in [2.75, 3.05) is 0 Å². The molecule has 1 N–H and O–H groups in total. The van der Waals surface area contributed by atoms with Gasteiger partial charge >= 0.3 is 0 Å². The summed E-state index contributed by atoms with van der Waals surface area (Å²) in [6, 6.07) is 9.72. The molecule has 1 atom stereocenters. The van der Waals surface area contributed by atoms with Gasteiger partial charge in [-0.05, 0) is 30.9 Å².